The molecule has 0 bridgehead atoms. The monoisotopic (exact) mass is 338 g/mol. The Bertz CT molecular complexity index is 575. The molecule has 1 aliphatic rings. The number of amides is 3. The summed E-state index contributed by atoms with van der Waals surface area (Å²) in [5.41, 5.74) is 0. The fourth-order valence-corrected chi connectivity index (χ4v) is 2.12. The molecule has 3 amide bonds. The van der Waals surface area contributed by atoms with E-state index in [0.29, 0.717) is 5.75 Å². The molecular formula is C16H19FN2O5. The number of carbonyl (C=O) groups excluding carboxylic acids is 3. The van der Waals surface area contributed by atoms with Crippen molar-refractivity contribution >= 4 is 17.7 Å². The summed E-state index contributed by atoms with van der Waals surface area (Å²) in [7, 11) is 0. The van der Waals surface area contributed by atoms with Crippen molar-refractivity contribution in [2.75, 3.05) is 32.9 Å². The van der Waals surface area contributed by atoms with Crippen molar-refractivity contribution in [3.8, 4) is 5.75 Å². The summed E-state index contributed by atoms with van der Waals surface area (Å²) in [5.74, 6) is -0.637. The summed E-state index contributed by atoms with van der Waals surface area (Å²) in [4.78, 5) is 35.5. The van der Waals surface area contributed by atoms with Gasteiger partial charge in [-0.1, -0.05) is 0 Å². The van der Waals surface area contributed by atoms with Gasteiger partial charge in [-0.25, -0.2) is 4.39 Å². The number of benzene rings is 1. The lowest BCUT2D eigenvalue weighted by molar-refractivity contribution is -0.139. The molecule has 130 valence electrons. The third-order valence-electron chi connectivity index (χ3n) is 3.37. The van der Waals surface area contributed by atoms with E-state index in [9.17, 15) is 18.8 Å². The standard InChI is InChI=1S/C16H19FN2O5/c17-12-1-3-13(4-2-12)24-11-14(20)18-7-9-23-10-8-19-15(21)5-6-16(19)22/h1-4H,5-11H2,(H,18,20). The van der Waals surface area contributed by atoms with Gasteiger partial charge in [-0.05, 0) is 24.3 Å². The van der Waals surface area contributed by atoms with E-state index >= 15 is 0 Å². The topological polar surface area (TPSA) is 84.9 Å². The average Bonchev–Trinajstić information content (AvgIpc) is 2.89. The lowest BCUT2D eigenvalue weighted by atomic mass is 10.3. The van der Waals surface area contributed by atoms with Crippen LogP contribution in [-0.4, -0.2) is 55.5 Å². The van der Waals surface area contributed by atoms with Gasteiger partial charge in [0.25, 0.3) is 5.91 Å². The van der Waals surface area contributed by atoms with Gasteiger partial charge in [0.05, 0.1) is 19.8 Å². The highest BCUT2D eigenvalue weighted by Gasteiger charge is 2.28. The number of hydrogen-bond acceptors (Lipinski definition) is 5. The number of nitrogens with zero attached hydrogens (tertiary/aromatic N) is 1. The summed E-state index contributed by atoms with van der Waals surface area (Å²) < 4.78 is 23.2. The Hall–Kier alpha value is -2.48. The molecule has 0 aliphatic carbocycles. The number of imide groups is 1. The van der Waals surface area contributed by atoms with E-state index in [2.05, 4.69) is 5.32 Å². The lowest BCUT2D eigenvalue weighted by Crippen LogP contribution is -2.34. The van der Waals surface area contributed by atoms with E-state index in [1.807, 2.05) is 0 Å². The molecule has 2 rings (SSSR count). The highest BCUT2D eigenvalue weighted by Crippen LogP contribution is 2.11. The van der Waals surface area contributed by atoms with Crippen molar-refractivity contribution in [1.82, 2.24) is 10.2 Å². The first-order chi connectivity index (χ1) is 11.6. The Morgan fingerprint density at radius 2 is 1.79 bits per heavy atom. The summed E-state index contributed by atoms with van der Waals surface area (Å²) in [6, 6.07) is 5.37. The molecule has 0 radical (unpaired) electrons. The van der Waals surface area contributed by atoms with E-state index < -0.39 is 0 Å². The zero-order chi connectivity index (χ0) is 17.4. The van der Waals surface area contributed by atoms with Gasteiger partial charge in [0.15, 0.2) is 6.61 Å². The first kappa shape index (κ1) is 17.9. The molecule has 1 saturated heterocycles. The maximum atomic E-state index is 12.7. The number of nitrogens with one attached hydrogen (secondary N) is 1. The van der Waals surface area contributed by atoms with Gasteiger partial charge in [-0.15, -0.1) is 0 Å². The van der Waals surface area contributed by atoms with Crippen LogP contribution in [-0.2, 0) is 19.1 Å². The van der Waals surface area contributed by atoms with Crippen LogP contribution in [0.2, 0.25) is 0 Å². The van der Waals surface area contributed by atoms with E-state index in [1.165, 1.54) is 29.2 Å². The van der Waals surface area contributed by atoms with Crippen molar-refractivity contribution in [3.05, 3.63) is 30.1 Å². The number of ether oxygens (including phenoxy) is 2. The van der Waals surface area contributed by atoms with Crippen molar-refractivity contribution in [3.63, 3.8) is 0 Å². The molecule has 1 aromatic rings. The number of likely N-dealkylation sites (tertiary alicyclic amines) is 1. The lowest BCUT2D eigenvalue weighted by Gasteiger charge is -2.13. The number of halogens is 1. The molecule has 1 fully saturated rings. The SMILES string of the molecule is O=C(COc1ccc(F)cc1)NCCOCCN1C(=O)CCC1=O. The quantitative estimate of drug-likeness (QED) is 0.523. The van der Waals surface area contributed by atoms with E-state index in [1.54, 1.807) is 0 Å². The van der Waals surface area contributed by atoms with Crippen LogP contribution in [0.3, 0.4) is 0 Å². The molecule has 1 heterocycles. The van der Waals surface area contributed by atoms with Gasteiger partial charge in [0, 0.05) is 19.4 Å². The molecule has 24 heavy (non-hydrogen) atoms. The molecule has 0 atom stereocenters. The van der Waals surface area contributed by atoms with Crippen LogP contribution in [0.25, 0.3) is 0 Å². The minimum atomic E-state index is -0.374. The second-order valence-corrected chi connectivity index (χ2v) is 5.14. The smallest absolute Gasteiger partial charge is 0.258 e. The van der Waals surface area contributed by atoms with Crippen molar-refractivity contribution in [1.29, 1.82) is 0 Å². The molecule has 7 nitrogen and oxygen atoms in total. The van der Waals surface area contributed by atoms with Crippen LogP contribution < -0.4 is 10.1 Å². The van der Waals surface area contributed by atoms with Gasteiger partial charge >= 0.3 is 0 Å². The molecule has 0 aromatic heterocycles. The number of hydrogen-bond donors (Lipinski definition) is 1. The van der Waals surface area contributed by atoms with Crippen molar-refractivity contribution < 1.29 is 28.2 Å². The van der Waals surface area contributed by atoms with Crippen molar-refractivity contribution in [2.45, 2.75) is 12.8 Å². The Kier molecular flexibility index (Phi) is 6.68. The van der Waals surface area contributed by atoms with E-state index in [0.717, 1.165) is 0 Å². The summed E-state index contributed by atoms with van der Waals surface area (Å²) in [6.45, 7) is 0.840. The normalized spacial score (nSPS) is 14.1. The first-order valence-electron chi connectivity index (χ1n) is 7.62. The fraction of sp³-hybridized carbons (Fsp3) is 0.438. The van der Waals surface area contributed by atoms with Gasteiger partial charge < -0.3 is 14.8 Å². The van der Waals surface area contributed by atoms with Gasteiger partial charge in [0.1, 0.15) is 11.6 Å². The second kappa shape index (κ2) is 8.97. The van der Waals surface area contributed by atoms with Crippen LogP contribution in [0, 0.1) is 5.82 Å². The van der Waals surface area contributed by atoms with Crippen LogP contribution in [0.1, 0.15) is 12.8 Å². The Balaban J connectivity index is 1.51. The van der Waals surface area contributed by atoms with Gasteiger partial charge in [0.2, 0.25) is 11.8 Å². The van der Waals surface area contributed by atoms with Crippen LogP contribution in [0.5, 0.6) is 5.75 Å². The predicted octanol–water partition coefficient (Wildman–Crippen LogP) is 0.486. The van der Waals surface area contributed by atoms with Crippen molar-refractivity contribution in [2.24, 2.45) is 0 Å². The predicted molar refractivity (Wildman–Crippen MR) is 81.7 cm³/mol. The highest BCUT2D eigenvalue weighted by molar-refractivity contribution is 6.01. The first-order valence-corrected chi connectivity index (χ1v) is 7.62. The molecule has 8 heteroatoms. The van der Waals surface area contributed by atoms with Crippen LogP contribution in [0.15, 0.2) is 24.3 Å². The van der Waals surface area contributed by atoms with Gasteiger partial charge in [-0.3, -0.25) is 19.3 Å². The largest absolute Gasteiger partial charge is 0.484 e. The molecule has 0 unspecified atom stereocenters. The summed E-state index contributed by atoms with van der Waals surface area (Å²) in [5, 5.41) is 2.60. The molecular weight excluding hydrogens is 319 g/mol. The zero-order valence-electron chi connectivity index (χ0n) is 13.1. The maximum Gasteiger partial charge on any atom is 0.258 e. The average molecular weight is 338 g/mol. The Morgan fingerprint density at radius 1 is 1.12 bits per heavy atom. The Labute approximate surface area is 138 Å². The van der Waals surface area contributed by atoms with Crippen LogP contribution >= 0.6 is 0 Å². The van der Waals surface area contributed by atoms with Gasteiger partial charge in [-0.2, -0.15) is 0 Å². The molecule has 1 N–H and O–H groups in total. The summed E-state index contributed by atoms with van der Waals surface area (Å²) in [6.07, 6.45) is 0.534. The molecule has 0 saturated carbocycles. The second-order valence-electron chi connectivity index (χ2n) is 5.14. The molecule has 0 spiro atoms. The third kappa shape index (κ3) is 5.62. The van der Waals surface area contributed by atoms with Crippen LogP contribution in [0.4, 0.5) is 4.39 Å². The fourth-order valence-electron chi connectivity index (χ4n) is 2.12. The minimum Gasteiger partial charge on any atom is -0.484 e. The third-order valence-corrected chi connectivity index (χ3v) is 3.37. The molecule has 1 aliphatic heterocycles. The minimum absolute atomic E-state index is 0.171. The Morgan fingerprint density at radius 3 is 2.46 bits per heavy atom. The number of carbonyl (C=O) groups is 3. The van der Waals surface area contributed by atoms with E-state index in [-0.39, 0.29) is 69.3 Å². The number of rotatable bonds is 9. The highest BCUT2D eigenvalue weighted by atomic mass is 19.1. The molecule has 1 aromatic carbocycles. The van der Waals surface area contributed by atoms with E-state index in [4.69, 9.17) is 9.47 Å². The zero-order valence-corrected chi connectivity index (χ0v) is 13.1. The maximum absolute atomic E-state index is 12.7. The summed E-state index contributed by atoms with van der Waals surface area (Å²) >= 11 is 0.